The summed E-state index contributed by atoms with van der Waals surface area (Å²) in [7, 11) is -4.28. The predicted molar refractivity (Wildman–Crippen MR) is 59.0 cm³/mol. The van der Waals surface area contributed by atoms with E-state index in [1.807, 2.05) is 0 Å². The molecule has 0 radical (unpaired) electrons. The van der Waals surface area contributed by atoms with E-state index in [1.54, 1.807) is 6.92 Å². The molecule has 0 saturated carbocycles. The molecule has 0 aromatic heterocycles. The van der Waals surface area contributed by atoms with Crippen LogP contribution < -0.4 is 0 Å². The fourth-order valence-corrected chi connectivity index (χ4v) is 2.04. The normalized spacial score (nSPS) is 14.2. The first kappa shape index (κ1) is 14.3. The topological polar surface area (TPSA) is 63.6 Å². The van der Waals surface area contributed by atoms with Gasteiger partial charge in [-0.25, -0.2) is 4.18 Å². The van der Waals surface area contributed by atoms with Gasteiger partial charge in [-0.05, 0) is 19.8 Å². The van der Waals surface area contributed by atoms with Crippen LogP contribution >= 0.6 is 15.9 Å². The maximum absolute atomic E-state index is 10.3. The number of halogens is 1. The lowest BCUT2D eigenvalue weighted by Crippen LogP contribution is -2.14. The van der Waals surface area contributed by atoms with E-state index < -0.39 is 16.5 Å². The molecule has 0 spiro atoms. The quantitative estimate of drug-likeness (QED) is 0.424. The standard InChI is InChI=1S/C8H17BrO4S/c1-8(13-14(10,11)12)6-4-2-3-5-7-9/h8H,2-7H2,1H3,(H,10,11,12)/t8-/m1/s1. The second-order valence-electron chi connectivity index (χ2n) is 3.23. The first-order chi connectivity index (χ1) is 6.45. The number of rotatable bonds is 8. The Kier molecular flexibility index (Phi) is 7.81. The number of unbranched alkanes of at least 4 members (excludes halogenated alkanes) is 3. The molecule has 0 aromatic carbocycles. The van der Waals surface area contributed by atoms with Gasteiger partial charge in [0, 0.05) is 5.33 Å². The van der Waals surface area contributed by atoms with Crippen molar-refractivity contribution in [1.82, 2.24) is 0 Å². The SMILES string of the molecule is C[C@H](CCCCCCBr)OS(=O)(=O)O. The van der Waals surface area contributed by atoms with E-state index in [2.05, 4.69) is 20.1 Å². The van der Waals surface area contributed by atoms with Crippen molar-refractivity contribution in [3.05, 3.63) is 0 Å². The van der Waals surface area contributed by atoms with Crippen molar-refractivity contribution in [3.8, 4) is 0 Å². The first-order valence-electron chi connectivity index (χ1n) is 4.67. The summed E-state index contributed by atoms with van der Waals surface area (Å²) in [5.74, 6) is 0. The Labute approximate surface area is 94.1 Å². The van der Waals surface area contributed by atoms with Crippen LogP contribution in [0.1, 0.15) is 39.0 Å². The van der Waals surface area contributed by atoms with Gasteiger partial charge in [0.05, 0.1) is 6.10 Å². The summed E-state index contributed by atoms with van der Waals surface area (Å²) in [6.45, 7) is 1.64. The molecule has 0 fully saturated rings. The van der Waals surface area contributed by atoms with Crippen molar-refractivity contribution in [2.75, 3.05) is 5.33 Å². The van der Waals surface area contributed by atoms with Crippen LogP contribution in [0.2, 0.25) is 0 Å². The van der Waals surface area contributed by atoms with E-state index in [-0.39, 0.29) is 0 Å². The molecule has 0 saturated heterocycles. The van der Waals surface area contributed by atoms with Gasteiger partial charge < -0.3 is 0 Å². The minimum absolute atomic E-state index is 0.436. The maximum Gasteiger partial charge on any atom is 0.397 e. The monoisotopic (exact) mass is 288 g/mol. The average Bonchev–Trinajstić information content (AvgIpc) is 2.00. The van der Waals surface area contributed by atoms with Crippen LogP contribution in [0.3, 0.4) is 0 Å². The van der Waals surface area contributed by atoms with Crippen LogP contribution in [0.5, 0.6) is 0 Å². The largest absolute Gasteiger partial charge is 0.397 e. The van der Waals surface area contributed by atoms with E-state index in [4.69, 9.17) is 4.55 Å². The van der Waals surface area contributed by atoms with Crippen LogP contribution in [-0.4, -0.2) is 24.4 Å². The zero-order valence-electron chi connectivity index (χ0n) is 8.28. The average molecular weight is 289 g/mol. The number of alkyl halides is 1. The first-order valence-corrected chi connectivity index (χ1v) is 7.16. The van der Waals surface area contributed by atoms with Crippen molar-refractivity contribution in [2.24, 2.45) is 0 Å². The molecular formula is C8H17BrO4S. The summed E-state index contributed by atoms with van der Waals surface area (Å²) < 4.78 is 33.3. The third-order valence-corrected chi connectivity index (χ3v) is 2.91. The van der Waals surface area contributed by atoms with Crippen LogP contribution in [0.25, 0.3) is 0 Å². The fraction of sp³-hybridized carbons (Fsp3) is 1.00. The van der Waals surface area contributed by atoms with Crippen molar-refractivity contribution in [3.63, 3.8) is 0 Å². The molecule has 4 nitrogen and oxygen atoms in total. The Morgan fingerprint density at radius 2 is 1.86 bits per heavy atom. The Bertz CT molecular complexity index is 227. The highest BCUT2D eigenvalue weighted by atomic mass is 79.9. The molecule has 1 atom stereocenters. The highest BCUT2D eigenvalue weighted by molar-refractivity contribution is 9.09. The minimum Gasteiger partial charge on any atom is -0.264 e. The van der Waals surface area contributed by atoms with Gasteiger partial charge in [0.25, 0.3) is 0 Å². The zero-order chi connectivity index (χ0) is 11.0. The van der Waals surface area contributed by atoms with E-state index in [9.17, 15) is 8.42 Å². The second kappa shape index (κ2) is 7.62. The molecule has 0 aliphatic carbocycles. The Hall–Kier alpha value is 0.350. The fourth-order valence-electron chi connectivity index (χ4n) is 1.14. The molecule has 86 valence electrons. The van der Waals surface area contributed by atoms with Gasteiger partial charge in [0.2, 0.25) is 0 Å². The third-order valence-electron chi connectivity index (χ3n) is 1.78. The van der Waals surface area contributed by atoms with Gasteiger partial charge in [0.1, 0.15) is 0 Å². The highest BCUT2D eigenvalue weighted by Gasteiger charge is 2.11. The summed E-state index contributed by atoms with van der Waals surface area (Å²) in [5, 5.41) is 1.00. The third kappa shape index (κ3) is 10.4. The molecule has 6 heteroatoms. The molecule has 0 aliphatic heterocycles. The molecular weight excluding hydrogens is 272 g/mol. The van der Waals surface area contributed by atoms with E-state index in [0.29, 0.717) is 6.42 Å². The summed E-state index contributed by atoms with van der Waals surface area (Å²) in [5.41, 5.74) is 0. The van der Waals surface area contributed by atoms with Gasteiger partial charge in [-0.1, -0.05) is 35.2 Å². The van der Waals surface area contributed by atoms with Gasteiger partial charge in [-0.3, -0.25) is 4.55 Å². The van der Waals surface area contributed by atoms with Crippen molar-refractivity contribution in [1.29, 1.82) is 0 Å². The lowest BCUT2D eigenvalue weighted by molar-refractivity contribution is 0.185. The van der Waals surface area contributed by atoms with Crippen molar-refractivity contribution < 1.29 is 17.2 Å². The lowest BCUT2D eigenvalue weighted by Gasteiger charge is -2.08. The van der Waals surface area contributed by atoms with Crippen LogP contribution in [0.15, 0.2) is 0 Å². The minimum atomic E-state index is -4.28. The summed E-state index contributed by atoms with van der Waals surface area (Å²) in [6, 6.07) is 0. The molecule has 0 aliphatic rings. The zero-order valence-corrected chi connectivity index (χ0v) is 10.7. The molecule has 0 bridgehead atoms. The van der Waals surface area contributed by atoms with Gasteiger partial charge in [0.15, 0.2) is 0 Å². The van der Waals surface area contributed by atoms with Crippen molar-refractivity contribution >= 4 is 26.3 Å². The summed E-state index contributed by atoms with van der Waals surface area (Å²) >= 11 is 3.33. The van der Waals surface area contributed by atoms with E-state index >= 15 is 0 Å². The van der Waals surface area contributed by atoms with Gasteiger partial charge in [-0.2, -0.15) is 8.42 Å². The predicted octanol–water partition coefficient (Wildman–Crippen LogP) is 2.54. The van der Waals surface area contributed by atoms with Crippen molar-refractivity contribution in [2.45, 2.75) is 45.1 Å². The number of hydrogen-bond donors (Lipinski definition) is 1. The Balaban J connectivity index is 3.41. The molecule has 0 unspecified atom stereocenters. The highest BCUT2D eigenvalue weighted by Crippen LogP contribution is 2.10. The van der Waals surface area contributed by atoms with E-state index in [0.717, 1.165) is 31.0 Å². The number of hydrogen-bond acceptors (Lipinski definition) is 3. The van der Waals surface area contributed by atoms with Gasteiger partial charge >= 0.3 is 10.4 Å². The smallest absolute Gasteiger partial charge is 0.264 e. The van der Waals surface area contributed by atoms with Crippen LogP contribution in [-0.2, 0) is 14.6 Å². The molecule has 0 amide bonds. The van der Waals surface area contributed by atoms with E-state index in [1.165, 1.54) is 0 Å². The van der Waals surface area contributed by atoms with Gasteiger partial charge in [-0.15, -0.1) is 0 Å². The Morgan fingerprint density at radius 3 is 2.36 bits per heavy atom. The van der Waals surface area contributed by atoms with Crippen LogP contribution in [0, 0.1) is 0 Å². The second-order valence-corrected chi connectivity index (χ2v) is 5.07. The molecule has 0 heterocycles. The molecule has 0 aromatic rings. The molecule has 1 N–H and O–H groups in total. The van der Waals surface area contributed by atoms with Crippen LogP contribution in [0.4, 0.5) is 0 Å². The molecule has 0 rings (SSSR count). The maximum atomic E-state index is 10.3. The summed E-state index contributed by atoms with van der Waals surface area (Å²) in [6.07, 6.45) is 4.46. The Morgan fingerprint density at radius 1 is 1.29 bits per heavy atom. The summed E-state index contributed by atoms with van der Waals surface area (Å²) in [4.78, 5) is 0. The lowest BCUT2D eigenvalue weighted by atomic mass is 10.1. The molecule has 14 heavy (non-hydrogen) atoms.